The second kappa shape index (κ2) is 8.89. The Morgan fingerprint density at radius 1 is 1.14 bits per heavy atom. The lowest BCUT2D eigenvalue weighted by atomic mass is 10.2. The van der Waals surface area contributed by atoms with E-state index in [4.69, 9.17) is 16.3 Å². The molecule has 1 heterocycles. The number of amides is 1. The van der Waals surface area contributed by atoms with Crippen molar-refractivity contribution in [3.05, 3.63) is 64.9 Å². The van der Waals surface area contributed by atoms with Gasteiger partial charge in [-0.1, -0.05) is 35.9 Å². The molecule has 0 bridgehead atoms. The van der Waals surface area contributed by atoms with Crippen molar-refractivity contribution < 1.29 is 14.3 Å². The van der Waals surface area contributed by atoms with Gasteiger partial charge in [-0.3, -0.25) is 9.59 Å². The van der Waals surface area contributed by atoms with Crippen LogP contribution in [0.1, 0.15) is 30.0 Å². The number of nitrogens with one attached hydrogen (secondary N) is 1. The van der Waals surface area contributed by atoms with Gasteiger partial charge in [0.15, 0.2) is 0 Å². The number of nitrogens with zero attached hydrogens (tertiary/aromatic N) is 2. The molecule has 1 aromatic heterocycles. The predicted molar refractivity (Wildman–Crippen MR) is 108 cm³/mol. The minimum atomic E-state index is -0.320. The van der Waals surface area contributed by atoms with E-state index in [2.05, 4.69) is 10.3 Å². The molecule has 0 fully saturated rings. The first-order valence-electron chi connectivity index (χ1n) is 9.12. The third-order valence-corrected chi connectivity index (χ3v) is 4.47. The first kappa shape index (κ1) is 19.9. The van der Waals surface area contributed by atoms with Crippen LogP contribution in [0, 0.1) is 0 Å². The Morgan fingerprint density at radius 2 is 1.86 bits per heavy atom. The van der Waals surface area contributed by atoms with Gasteiger partial charge in [0.1, 0.15) is 12.4 Å². The molecule has 3 aromatic rings. The van der Waals surface area contributed by atoms with Crippen LogP contribution in [0.2, 0.25) is 5.02 Å². The molecule has 7 heteroatoms. The summed E-state index contributed by atoms with van der Waals surface area (Å²) in [6.07, 6.45) is 0.292. The average Bonchev–Trinajstić information content (AvgIpc) is 2.99. The lowest BCUT2D eigenvalue weighted by Crippen LogP contribution is -2.27. The van der Waals surface area contributed by atoms with Crippen molar-refractivity contribution in [3.8, 4) is 0 Å². The molecule has 2 aromatic carbocycles. The summed E-state index contributed by atoms with van der Waals surface area (Å²) in [5, 5.41) is 3.26. The molecule has 3 rings (SSSR count). The monoisotopic (exact) mass is 399 g/mol. The van der Waals surface area contributed by atoms with E-state index in [1.165, 1.54) is 0 Å². The number of carbonyl (C=O) groups excluding carboxylic acids is 2. The van der Waals surface area contributed by atoms with E-state index in [9.17, 15) is 9.59 Å². The molecule has 0 radical (unpaired) electrons. The molecule has 0 aliphatic heterocycles. The molecule has 0 unspecified atom stereocenters. The fraction of sp³-hybridized carbons (Fsp3) is 0.286. The maximum atomic E-state index is 12.3. The number of para-hydroxylation sites is 2. The van der Waals surface area contributed by atoms with E-state index in [0.29, 0.717) is 29.4 Å². The van der Waals surface area contributed by atoms with Gasteiger partial charge in [0, 0.05) is 13.0 Å². The number of benzene rings is 2. The van der Waals surface area contributed by atoms with Crippen molar-refractivity contribution in [2.75, 3.05) is 6.54 Å². The topological polar surface area (TPSA) is 73.2 Å². The van der Waals surface area contributed by atoms with Gasteiger partial charge in [0.25, 0.3) is 5.91 Å². The van der Waals surface area contributed by atoms with Gasteiger partial charge in [0.05, 0.1) is 27.7 Å². The number of hydrogen-bond acceptors (Lipinski definition) is 4. The Hall–Kier alpha value is -2.86. The quantitative estimate of drug-likeness (QED) is 0.616. The van der Waals surface area contributed by atoms with Crippen LogP contribution in [0.25, 0.3) is 11.0 Å². The van der Waals surface area contributed by atoms with Gasteiger partial charge in [-0.2, -0.15) is 0 Å². The maximum absolute atomic E-state index is 12.3. The summed E-state index contributed by atoms with van der Waals surface area (Å²) in [6.45, 7) is 4.07. The largest absolute Gasteiger partial charge is 0.462 e. The first-order valence-corrected chi connectivity index (χ1v) is 9.50. The van der Waals surface area contributed by atoms with Crippen molar-refractivity contribution in [1.82, 2.24) is 14.9 Å². The van der Waals surface area contributed by atoms with Gasteiger partial charge in [-0.05, 0) is 38.1 Å². The standard InChI is InChI=1S/C21H22ClN3O3/c1-14(2)28-20(26)13-25-18-10-6-5-9-17(18)24-19(25)11-12-23-21(27)15-7-3-4-8-16(15)22/h3-10,14H,11-13H2,1-2H3,(H,23,27). The highest BCUT2D eigenvalue weighted by atomic mass is 35.5. The number of rotatable bonds is 7. The SMILES string of the molecule is CC(C)OC(=O)Cn1c(CCNC(=O)c2ccccc2Cl)nc2ccccc21. The van der Waals surface area contributed by atoms with Crippen molar-refractivity contribution >= 4 is 34.5 Å². The van der Waals surface area contributed by atoms with Crippen LogP contribution in [0.3, 0.4) is 0 Å². The Kier molecular flexibility index (Phi) is 6.31. The van der Waals surface area contributed by atoms with Crippen LogP contribution < -0.4 is 5.32 Å². The van der Waals surface area contributed by atoms with E-state index >= 15 is 0 Å². The van der Waals surface area contributed by atoms with Crippen molar-refractivity contribution in [2.45, 2.75) is 32.9 Å². The van der Waals surface area contributed by atoms with E-state index < -0.39 is 0 Å². The number of carbonyl (C=O) groups is 2. The Labute approximate surface area is 168 Å². The van der Waals surface area contributed by atoms with Gasteiger partial charge in [-0.25, -0.2) is 4.98 Å². The molecule has 0 saturated carbocycles. The van der Waals surface area contributed by atoms with E-state index in [0.717, 1.165) is 11.0 Å². The van der Waals surface area contributed by atoms with Gasteiger partial charge >= 0.3 is 5.97 Å². The zero-order chi connectivity index (χ0) is 20.1. The molecular weight excluding hydrogens is 378 g/mol. The average molecular weight is 400 g/mol. The molecule has 28 heavy (non-hydrogen) atoms. The van der Waals surface area contributed by atoms with Crippen LogP contribution in [-0.4, -0.2) is 34.1 Å². The van der Waals surface area contributed by atoms with E-state index in [-0.39, 0.29) is 24.5 Å². The van der Waals surface area contributed by atoms with Gasteiger partial charge in [-0.15, -0.1) is 0 Å². The lowest BCUT2D eigenvalue weighted by Gasteiger charge is -2.12. The highest BCUT2D eigenvalue weighted by Gasteiger charge is 2.16. The minimum absolute atomic E-state index is 0.0759. The van der Waals surface area contributed by atoms with Gasteiger partial charge in [0.2, 0.25) is 0 Å². The second-order valence-corrected chi connectivity index (χ2v) is 7.03. The molecule has 146 valence electrons. The van der Waals surface area contributed by atoms with E-state index in [1.807, 2.05) is 42.7 Å². The number of aromatic nitrogens is 2. The number of ether oxygens (including phenoxy) is 1. The summed E-state index contributed by atoms with van der Waals surface area (Å²) in [5.74, 6) is 0.147. The number of fused-ring (bicyclic) bond motifs is 1. The summed E-state index contributed by atoms with van der Waals surface area (Å²) in [6, 6.07) is 14.5. The van der Waals surface area contributed by atoms with Crippen LogP contribution in [0.5, 0.6) is 0 Å². The molecular formula is C21H22ClN3O3. The number of halogens is 1. The predicted octanol–water partition coefficient (Wildman–Crippen LogP) is 3.61. The van der Waals surface area contributed by atoms with Crippen LogP contribution in [0.4, 0.5) is 0 Å². The summed E-state index contributed by atoms with van der Waals surface area (Å²) < 4.78 is 7.10. The summed E-state index contributed by atoms with van der Waals surface area (Å²) in [5.41, 5.74) is 2.08. The molecule has 0 atom stereocenters. The fourth-order valence-electron chi connectivity index (χ4n) is 2.95. The number of esters is 1. The second-order valence-electron chi connectivity index (χ2n) is 6.63. The number of imidazole rings is 1. The zero-order valence-corrected chi connectivity index (χ0v) is 16.6. The lowest BCUT2D eigenvalue weighted by molar-refractivity contribution is -0.148. The molecule has 1 amide bonds. The molecule has 0 spiro atoms. The smallest absolute Gasteiger partial charge is 0.326 e. The summed E-state index contributed by atoms with van der Waals surface area (Å²) in [4.78, 5) is 29.1. The van der Waals surface area contributed by atoms with Gasteiger partial charge < -0.3 is 14.6 Å². The Bertz CT molecular complexity index is 997. The molecule has 1 N–H and O–H groups in total. The van der Waals surface area contributed by atoms with Crippen molar-refractivity contribution in [3.63, 3.8) is 0 Å². The molecule has 0 aliphatic carbocycles. The highest BCUT2D eigenvalue weighted by molar-refractivity contribution is 6.33. The van der Waals surface area contributed by atoms with Crippen LogP contribution >= 0.6 is 11.6 Å². The van der Waals surface area contributed by atoms with Crippen molar-refractivity contribution in [1.29, 1.82) is 0 Å². The normalized spacial score (nSPS) is 11.0. The highest BCUT2D eigenvalue weighted by Crippen LogP contribution is 2.17. The maximum Gasteiger partial charge on any atom is 0.326 e. The summed E-state index contributed by atoms with van der Waals surface area (Å²) >= 11 is 6.06. The summed E-state index contributed by atoms with van der Waals surface area (Å²) in [7, 11) is 0. The minimum Gasteiger partial charge on any atom is -0.462 e. The molecule has 0 aliphatic rings. The molecule has 0 saturated heterocycles. The van der Waals surface area contributed by atoms with Crippen LogP contribution in [0.15, 0.2) is 48.5 Å². The van der Waals surface area contributed by atoms with Crippen molar-refractivity contribution in [2.24, 2.45) is 0 Å². The zero-order valence-electron chi connectivity index (χ0n) is 15.8. The van der Waals surface area contributed by atoms with E-state index in [1.54, 1.807) is 24.3 Å². The first-order chi connectivity index (χ1) is 13.5. The Balaban J connectivity index is 1.73. The third kappa shape index (κ3) is 4.70. The number of hydrogen-bond donors (Lipinski definition) is 1. The van der Waals surface area contributed by atoms with Crippen LogP contribution in [-0.2, 0) is 22.5 Å². The third-order valence-electron chi connectivity index (χ3n) is 4.14. The molecule has 6 nitrogen and oxygen atoms in total. The Morgan fingerprint density at radius 3 is 2.61 bits per heavy atom. The fourth-order valence-corrected chi connectivity index (χ4v) is 3.17.